The fourth-order valence-corrected chi connectivity index (χ4v) is 2.53. The number of hydrogen-bond donors (Lipinski definition) is 1. The smallest absolute Gasteiger partial charge is 0.408 e. The van der Waals surface area contributed by atoms with Gasteiger partial charge < -0.3 is 14.8 Å². The van der Waals surface area contributed by atoms with Crippen molar-refractivity contribution in [1.29, 1.82) is 0 Å². The Morgan fingerprint density at radius 2 is 2.00 bits per heavy atom. The molecule has 28 heavy (non-hydrogen) atoms. The van der Waals surface area contributed by atoms with Gasteiger partial charge in [-0.2, -0.15) is 4.68 Å². The van der Waals surface area contributed by atoms with Crippen molar-refractivity contribution >= 4 is 12.1 Å². The van der Waals surface area contributed by atoms with Gasteiger partial charge in [-0.15, -0.1) is 5.10 Å². The van der Waals surface area contributed by atoms with Crippen LogP contribution in [0, 0.1) is 0 Å². The molecule has 10 nitrogen and oxygen atoms in total. The van der Waals surface area contributed by atoms with E-state index < -0.39 is 23.7 Å². The molecule has 0 bridgehead atoms. The lowest BCUT2D eigenvalue weighted by atomic mass is 10.2. The van der Waals surface area contributed by atoms with Gasteiger partial charge in [0.25, 0.3) is 0 Å². The molecule has 1 fully saturated rings. The summed E-state index contributed by atoms with van der Waals surface area (Å²) >= 11 is 0. The SMILES string of the molecule is COC(=O)c1cc(-n2nc(C3CC3)nc2C(C)NC(=O)OC(C)(C)C)ncn1. The predicted octanol–water partition coefficient (Wildman–Crippen LogP) is 2.31. The number of aromatic nitrogens is 5. The molecule has 1 aliphatic rings. The molecule has 1 aliphatic carbocycles. The molecular formula is C18H24N6O4. The minimum Gasteiger partial charge on any atom is -0.464 e. The number of rotatable bonds is 5. The molecule has 0 aromatic carbocycles. The lowest BCUT2D eigenvalue weighted by Crippen LogP contribution is -2.35. The average Bonchev–Trinajstić information content (AvgIpc) is 3.37. The van der Waals surface area contributed by atoms with Crippen LogP contribution in [0.1, 0.15) is 74.6 Å². The molecule has 1 N–H and O–H groups in total. The van der Waals surface area contributed by atoms with E-state index in [-0.39, 0.29) is 5.69 Å². The Morgan fingerprint density at radius 1 is 1.29 bits per heavy atom. The van der Waals surface area contributed by atoms with E-state index in [1.807, 2.05) is 0 Å². The maximum absolute atomic E-state index is 12.1. The van der Waals surface area contributed by atoms with E-state index in [1.54, 1.807) is 27.7 Å². The summed E-state index contributed by atoms with van der Waals surface area (Å²) in [6, 6.07) is 0.979. The van der Waals surface area contributed by atoms with Crippen molar-refractivity contribution in [1.82, 2.24) is 30.0 Å². The fraction of sp³-hybridized carbons (Fsp3) is 0.556. The summed E-state index contributed by atoms with van der Waals surface area (Å²) in [5.41, 5.74) is -0.506. The van der Waals surface area contributed by atoms with Crippen LogP contribution in [0.25, 0.3) is 5.82 Å². The molecular weight excluding hydrogens is 364 g/mol. The van der Waals surface area contributed by atoms with Gasteiger partial charge in [0, 0.05) is 12.0 Å². The van der Waals surface area contributed by atoms with Crippen LogP contribution in [0.5, 0.6) is 0 Å². The summed E-state index contributed by atoms with van der Waals surface area (Å²) in [7, 11) is 1.28. The third kappa shape index (κ3) is 4.62. The minimum atomic E-state index is -0.612. The first kappa shape index (κ1) is 19.7. The first-order chi connectivity index (χ1) is 13.2. The molecule has 10 heteroatoms. The third-order valence-corrected chi connectivity index (χ3v) is 3.98. The molecule has 1 amide bonds. The van der Waals surface area contributed by atoms with Crippen LogP contribution in [0.4, 0.5) is 4.79 Å². The van der Waals surface area contributed by atoms with Crippen LogP contribution >= 0.6 is 0 Å². The number of esters is 1. The molecule has 0 saturated heterocycles. The second kappa shape index (κ2) is 7.53. The maximum Gasteiger partial charge on any atom is 0.408 e. The van der Waals surface area contributed by atoms with Crippen molar-refractivity contribution in [3.8, 4) is 5.82 Å². The van der Waals surface area contributed by atoms with Crippen molar-refractivity contribution in [3.63, 3.8) is 0 Å². The highest BCUT2D eigenvalue weighted by Gasteiger charge is 2.31. The lowest BCUT2D eigenvalue weighted by molar-refractivity contribution is 0.0504. The topological polar surface area (TPSA) is 121 Å². The van der Waals surface area contributed by atoms with Crippen LogP contribution in [0.2, 0.25) is 0 Å². The fourth-order valence-electron chi connectivity index (χ4n) is 2.53. The molecule has 1 unspecified atom stereocenters. The van der Waals surface area contributed by atoms with E-state index in [0.717, 1.165) is 12.8 Å². The van der Waals surface area contributed by atoms with Crippen molar-refractivity contribution < 1.29 is 19.1 Å². The van der Waals surface area contributed by atoms with Crippen LogP contribution in [-0.4, -0.2) is 49.5 Å². The zero-order valence-electron chi connectivity index (χ0n) is 16.6. The molecule has 1 atom stereocenters. The first-order valence-corrected chi connectivity index (χ1v) is 9.05. The summed E-state index contributed by atoms with van der Waals surface area (Å²) < 4.78 is 11.5. The van der Waals surface area contributed by atoms with Crippen LogP contribution in [0.3, 0.4) is 0 Å². The molecule has 0 radical (unpaired) electrons. The van der Waals surface area contributed by atoms with E-state index in [1.165, 1.54) is 24.2 Å². The Hall–Kier alpha value is -3.04. The number of methoxy groups -OCH3 is 1. The zero-order chi connectivity index (χ0) is 20.5. The van der Waals surface area contributed by atoms with Gasteiger partial charge in [0.1, 0.15) is 11.9 Å². The molecule has 1 saturated carbocycles. The predicted molar refractivity (Wildman–Crippen MR) is 98.0 cm³/mol. The number of carbonyl (C=O) groups excluding carboxylic acids is 2. The lowest BCUT2D eigenvalue weighted by Gasteiger charge is -2.21. The molecule has 2 aromatic heterocycles. The van der Waals surface area contributed by atoms with Gasteiger partial charge in [0.2, 0.25) is 0 Å². The van der Waals surface area contributed by atoms with Gasteiger partial charge in [0.15, 0.2) is 23.2 Å². The summed E-state index contributed by atoms with van der Waals surface area (Å²) in [6.07, 6.45) is 2.75. The number of nitrogens with one attached hydrogen (secondary N) is 1. The van der Waals surface area contributed by atoms with Gasteiger partial charge in [-0.25, -0.2) is 24.5 Å². The van der Waals surface area contributed by atoms with E-state index in [4.69, 9.17) is 9.47 Å². The Morgan fingerprint density at radius 3 is 2.61 bits per heavy atom. The Kier molecular flexibility index (Phi) is 5.30. The summed E-state index contributed by atoms with van der Waals surface area (Å²) in [6.45, 7) is 7.16. The van der Waals surface area contributed by atoms with E-state index in [9.17, 15) is 9.59 Å². The monoisotopic (exact) mass is 388 g/mol. The van der Waals surface area contributed by atoms with Crippen molar-refractivity contribution in [2.45, 2.75) is 58.1 Å². The van der Waals surface area contributed by atoms with E-state index in [0.29, 0.717) is 23.4 Å². The summed E-state index contributed by atoms with van der Waals surface area (Å²) in [4.78, 5) is 36.6. The van der Waals surface area contributed by atoms with E-state index in [2.05, 4.69) is 25.4 Å². The number of carbonyl (C=O) groups is 2. The third-order valence-electron chi connectivity index (χ3n) is 3.98. The average molecular weight is 388 g/mol. The van der Waals surface area contributed by atoms with Gasteiger partial charge in [-0.1, -0.05) is 0 Å². The standard InChI is InChI=1S/C18H24N6O4/c1-10(21-17(26)28-18(2,3)4)15-22-14(11-6-7-11)23-24(15)13-8-12(16(25)27-5)19-9-20-13/h8-11H,6-7H2,1-5H3,(H,21,26). The Balaban J connectivity index is 1.91. The Labute approximate surface area is 162 Å². The normalized spacial score (nSPS) is 15.0. The molecule has 0 aliphatic heterocycles. The molecule has 3 rings (SSSR count). The first-order valence-electron chi connectivity index (χ1n) is 9.05. The number of amides is 1. The highest BCUT2D eigenvalue weighted by atomic mass is 16.6. The summed E-state index contributed by atoms with van der Waals surface area (Å²) in [5, 5.41) is 7.31. The van der Waals surface area contributed by atoms with Crippen LogP contribution in [0.15, 0.2) is 12.4 Å². The maximum atomic E-state index is 12.1. The highest BCUT2D eigenvalue weighted by molar-refractivity contribution is 5.87. The number of ether oxygens (including phenoxy) is 2. The summed E-state index contributed by atoms with van der Waals surface area (Å²) in [5.74, 6) is 1.26. The van der Waals surface area contributed by atoms with Crippen molar-refractivity contribution in [3.05, 3.63) is 29.7 Å². The number of alkyl carbamates (subject to hydrolysis) is 1. The Bertz CT molecular complexity index is 884. The van der Waals surface area contributed by atoms with Gasteiger partial charge >= 0.3 is 12.1 Å². The van der Waals surface area contributed by atoms with Crippen molar-refractivity contribution in [2.75, 3.05) is 7.11 Å². The molecule has 2 heterocycles. The second-order valence-electron chi connectivity index (χ2n) is 7.64. The quantitative estimate of drug-likeness (QED) is 0.775. The molecule has 0 spiro atoms. The number of nitrogens with zero attached hydrogens (tertiary/aromatic N) is 5. The molecule has 150 valence electrons. The van der Waals surface area contributed by atoms with Crippen LogP contribution in [-0.2, 0) is 9.47 Å². The molecule has 2 aromatic rings. The highest BCUT2D eigenvalue weighted by Crippen LogP contribution is 2.38. The van der Waals surface area contributed by atoms with Crippen molar-refractivity contribution in [2.24, 2.45) is 0 Å². The zero-order valence-corrected chi connectivity index (χ0v) is 16.6. The van der Waals surface area contributed by atoms with Gasteiger partial charge in [-0.3, -0.25) is 0 Å². The number of hydrogen-bond acceptors (Lipinski definition) is 8. The minimum absolute atomic E-state index is 0.106. The van der Waals surface area contributed by atoms with Gasteiger partial charge in [0.05, 0.1) is 13.2 Å². The van der Waals surface area contributed by atoms with E-state index >= 15 is 0 Å². The van der Waals surface area contributed by atoms with Gasteiger partial charge in [-0.05, 0) is 40.5 Å². The second-order valence-corrected chi connectivity index (χ2v) is 7.64. The largest absolute Gasteiger partial charge is 0.464 e. The van der Waals surface area contributed by atoms with Crippen LogP contribution < -0.4 is 5.32 Å².